The van der Waals surface area contributed by atoms with Gasteiger partial charge in [0.1, 0.15) is 11.5 Å². The zero-order valence-electron chi connectivity index (χ0n) is 17.6. The highest BCUT2D eigenvalue weighted by atomic mass is 16.5. The van der Waals surface area contributed by atoms with Gasteiger partial charge in [0.05, 0.1) is 37.2 Å². The van der Waals surface area contributed by atoms with Gasteiger partial charge >= 0.3 is 0 Å². The summed E-state index contributed by atoms with van der Waals surface area (Å²) < 4.78 is 10.7. The number of rotatable bonds is 5. The van der Waals surface area contributed by atoms with Gasteiger partial charge in [0.25, 0.3) is 0 Å². The zero-order chi connectivity index (χ0) is 21.2. The van der Waals surface area contributed by atoms with E-state index in [4.69, 9.17) is 9.47 Å². The number of hydrogen-bond donors (Lipinski definition) is 1. The van der Waals surface area contributed by atoms with Crippen LogP contribution in [-0.4, -0.2) is 52.5 Å². The molecular weight excluding hydrogens is 392 g/mol. The summed E-state index contributed by atoms with van der Waals surface area (Å²) in [6.45, 7) is 2.10. The van der Waals surface area contributed by atoms with Gasteiger partial charge in [-0.25, -0.2) is 4.98 Å². The Labute approximate surface area is 180 Å². The van der Waals surface area contributed by atoms with E-state index in [9.17, 15) is 0 Å². The summed E-state index contributed by atoms with van der Waals surface area (Å²) in [6.07, 6.45) is 7.36. The number of aromatic nitrogens is 5. The van der Waals surface area contributed by atoms with Gasteiger partial charge in [-0.15, -0.1) is 0 Å². The Hall–Kier alpha value is -3.68. The first-order chi connectivity index (χ1) is 15.3. The molecule has 0 amide bonds. The summed E-state index contributed by atoms with van der Waals surface area (Å²) in [6, 6.07) is 9.84. The van der Waals surface area contributed by atoms with Crippen LogP contribution in [0.5, 0.6) is 11.8 Å². The summed E-state index contributed by atoms with van der Waals surface area (Å²) in [5, 5.41) is 8.66. The average molecular weight is 416 g/mol. The van der Waals surface area contributed by atoms with Gasteiger partial charge < -0.3 is 14.4 Å². The summed E-state index contributed by atoms with van der Waals surface area (Å²) >= 11 is 0. The highest BCUT2D eigenvalue weighted by Gasteiger charge is 2.17. The first-order valence-corrected chi connectivity index (χ1v) is 10.4. The quantitative estimate of drug-likeness (QED) is 0.524. The molecule has 4 aromatic heterocycles. The molecule has 31 heavy (non-hydrogen) atoms. The third kappa shape index (κ3) is 3.65. The first-order valence-electron chi connectivity index (χ1n) is 10.4. The van der Waals surface area contributed by atoms with Crippen LogP contribution in [0.1, 0.15) is 19.3 Å². The fraction of sp³-hybridized carbons (Fsp3) is 0.304. The maximum atomic E-state index is 5.47. The summed E-state index contributed by atoms with van der Waals surface area (Å²) in [7, 11) is 3.17. The molecule has 0 spiro atoms. The lowest BCUT2D eigenvalue weighted by atomic mass is 10.1. The summed E-state index contributed by atoms with van der Waals surface area (Å²) in [4.78, 5) is 15.9. The van der Waals surface area contributed by atoms with E-state index in [-0.39, 0.29) is 0 Å². The van der Waals surface area contributed by atoms with Crippen molar-refractivity contribution in [2.75, 3.05) is 32.2 Å². The van der Waals surface area contributed by atoms with Gasteiger partial charge in [0.2, 0.25) is 11.8 Å². The largest absolute Gasteiger partial charge is 0.481 e. The molecule has 8 heteroatoms. The van der Waals surface area contributed by atoms with Gasteiger partial charge in [0.15, 0.2) is 0 Å². The van der Waals surface area contributed by atoms with Gasteiger partial charge in [0, 0.05) is 36.3 Å². The number of anilines is 1. The topological polar surface area (TPSA) is 89.1 Å². The molecule has 0 atom stereocenters. The van der Waals surface area contributed by atoms with E-state index in [1.54, 1.807) is 26.5 Å². The molecule has 0 aromatic carbocycles. The van der Waals surface area contributed by atoms with Crippen LogP contribution in [0, 0.1) is 0 Å². The Balaban J connectivity index is 1.56. The van der Waals surface area contributed by atoms with E-state index in [1.807, 2.05) is 24.4 Å². The second kappa shape index (κ2) is 8.22. The van der Waals surface area contributed by atoms with E-state index in [0.29, 0.717) is 11.8 Å². The molecule has 1 N–H and O–H groups in total. The normalized spacial score (nSPS) is 14.1. The molecule has 1 saturated heterocycles. The standard InChI is InChI=1S/C23H24N6O2/c1-30-21-7-6-16(23(26-21)31-2)18-13-17-19(14-25-18)27-28-22(17)15-8-9-24-20(12-15)29-10-4-3-5-11-29/h6-9,12-14H,3-5,10-11H2,1-2H3,(H,27,28). The lowest BCUT2D eigenvalue weighted by Crippen LogP contribution is -2.30. The second-order valence-corrected chi connectivity index (χ2v) is 7.55. The molecule has 5 heterocycles. The van der Waals surface area contributed by atoms with Gasteiger partial charge in [-0.2, -0.15) is 10.1 Å². The number of H-pyrrole nitrogens is 1. The minimum Gasteiger partial charge on any atom is -0.481 e. The highest BCUT2D eigenvalue weighted by molar-refractivity contribution is 5.95. The van der Waals surface area contributed by atoms with Crippen molar-refractivity contribution in [3.8, 4) is 34.3 Å². The molecule has 1 aliphatic rings. The second-order valence-electron chi connectivity index (χ2n) is 7.55. The number of piperidine rings is 1. The molecular formula is C23H24N6O2. The lowest BCUT2D eigenvalue weighted by molar-refractivity contribution is 0.366. The smallest absolute Gasteiger partial charge is 0.225 e. The molecule has 5 rings (SSSR count). The van der Waals surface area contributed by atoms with Crippen LogP contribution in [0.2, 0.25) is 0 Å². The van der Waals surface area contributed by atoms with Crippen molar-refractivity contribution in [3.63, 3.8) is 0 Å². The fourth-order valence-electron chi connectivity index (χ4n) is 4.03. The van der Waals surface area contributed by atoms with Crippen LogP contribution in [0.3, 0.4) is 0 Å². The molecule has 1 aliphatic heterocycles. The fourth-order valence-corrected chi connectivity index (χ4v) is 4.03. The Morgan fingerprint density at radius 2 is 1.84 bits per heavy atom. The van der Waals surface area contributed by atoms with E-state index in [1.165, 1.54) is 19.3 Å². The summed E-state index contributed by atoms with van der Waals surface area (Å²) in [5.74, 6) is 1.96. The maximum Gasteiger partial charge on any atom is 0.225 e. The van der Waals surface area contributed by atoms with E-state index in [2.05, 4.69) is 36.1 Å². The van der Waals surface area contributed by atoms with Crippen LogP contribution in [0.4, 0.5) is 5.82 Å². The van der Waals surface area contributed by atoms with E-state index in [0.717, 1.165) is 52.3 Å². The van der Waals surface area contributed by atoms with Crippen molar-refractivity contribution in [1.82, 2.24) is 25.1 Å². The van der Waals surface area contributed by atoms with Crippen molar-refractivity contribution < 1.29 is 9.47 Å². The number of nitrogens with zero attached hydrogens (tertiary/aromatic N) is 5. The van der Waals surface area contributed by atoms with Crippen LogP contribution in [-0.2, 0) is 0 Å². The minimum atomic E-state index is 0.465. The highest BCUT2D eigenvalue weighted by Crippen LogP contribution is 2.34. The number of nitrogens with one attached hydrogen (secondary N) is 1. The number of methoxy groups -OCH3 is 2. The zero-order valence-corrected chi connectivity index (χ0v) is 17.6. The van der Waals surface area contributed by atoms with Crippen LogP contribution in [0.15, 0.2) is 42.7 Å². The van der Waals surface area contributed by atoms with Gasteiger partial charge in [-0.3, -0.25) is 10.1 Å². The SMILES string of the molecule is COc1ccc(-c2cc3c(-c4ccnc(N5CCCCC5)c4)n[nH]c3cn2)c(OC)n1. The van der Waals surface area contributed by atoms with Crippen molar-refractivity contribution in [2.45, 2.75) is 19.3 Å². The molecule has 0 radical (unpaired) electrons. The van der Waals surface area contributed by atoms with Crippen molar-refractivity contribution in [3.05, 3.63) is 42.7 Å². The first kappa shape index (κ1) is 19.3. The Kier molecular flexibility index (Phi) is 5.11. The third-order valence-electron chi connectivity index (χ3n) is 5.66. The van der Waals surface area contributed by atoms with E-state index >= 15 is 0 Å². The molecule has 0 bridgehead atoms. The summed E-state index contributed by atoms with van der Waals surface area (Å²) in [5.41, 5.74) is 4.32. The van der Waals surface area contributed by atoms with Crippen molar-refractivity contribution in [1.29, 1.82) is 0 Å². The van der Waals surface area contributed by atoms with Gasteiger partial charge in [-0.05, 0) is 43.5 Å². The molecule has 8 nitrogen and oxygen atoms in total. The molecule has 0 aliphatic carbocycles. The third-order valence-corrected chi connectivity index (χ3v) is 5.66. The van der Waals surface area contributed by atoms with Crippen LogP contribution < -0.4 is 14.4 Å². The molecule has 158 valence electrons. The van der Waals surface area contributed by atoms with Crippen molar-refractivity contribution in [2.24, 2.45) is 0 Å². The van der Waals surface area contributed by atoms with E-state index < -0.39 is 0 Å². The predicted molar refractivity (Wildman–Crippen MR) is 120 cm³/mol. The number of pyridine rings is 3. The molecule has 0 unspecified atom stereocenters. The Morgan fingerprint density at radius 3 is 2.65 bits per heavy atom. The molecule has 0 saturated carbocycles. The number of aromatic amines is 1. The van der Waals surface area contributed by atoms with Crippen LogP contribution >= 0.6 is 0 Å². The van der Waals surface area contributed by atoms with Crippen LogP contribution in [0.25, 0.3) is 33.4 Å². The minimum absolute atomic E-state index is 0.465. The lowest BCUT2D eigenvalue weighted by Gasteiger charge is -2.27. The monoisotopic (exact) mass is 416 g/mol. The van der Waals surface area contributed by atoms with Crippen molar-refractivity contribution >= 4 is 16.7 Å². The Morgan fingerprint density at radius 1 is 0.968 bits per heavy atom. The molecule has 1 fully saturated rings. The van der Waals surface area contributed by atoms with Gasteiger partial charge in [-0.1, -0.05) is 0 Å². The maximum absolute atomic E-state index is 5.47. The Bertz CT molecular complexity index is 1220. The number of hydrogen-bond acceptors (Lipinski definition) is 7. The molecule has 4 aromatic rings. The average Bonchev–Trinajstić information content (AvgIpc) is 3.27. The number of fused-ring (bicyclic) bond motifs is 1. The number of ether oxygens (including phenoxy) is 2. The predicted octanol–water partition coefficient (Wildman–Crippen LogP) is 4.09.